The Labute approximate surface area is 147 Å². The van der Waals surface area contributed by atoms with Gasteiger partial charge in [0.05, 0.1) is 6.04 Å². The third-order valence-corrected chi connectivity index (χ3v) is 4.66. The van der Waals surface area contributed by atoms with E-state index in [4.69, 9.17) is 5.73 Å². The number of nitrogens with two attached hydrogens (primary N) is 1. The Hall–Kier alpha value is -2.82. The van der Waals surface area contributed by atoms with Gasteiger partial charge in [-0.25, -0.2) is 4.79 Å². The SMILES string of the molecule is C[C@@H]1CN(C(=O)NCCc2cccc(C(N)=O)c2)[C@H]1c1ccccc1. The van der Waals surface area contributed by atoms with Gasteiger partial charge in [0.25, 0.3) is 0 Å². The number of benzene rings is 2. The summed E-state index contributed by atoms with van der Waals surface area (Å²) in [4.78, 5) is 25.6. The van der Waals surface area contributed by atoms with Gasteiger partial charge in [-0.15, -0.1) is 0 Å². The first-order valence-corrected chi connectivity index (χ1v) is 8.54. The summed E-state index contributed by atoms with van der Waals surface area (Å²) in [7, 11) is 0. The van der Waals surface area contributed by atoms with Crippen molar-refractivity contribution in [1.29, 1.82) is 0 Å². The fourth-order valence-corrected chi connectivity index (χ4v) is 3.36. The summed E-state index contributed by atoms with van der Waals surface area (Å²) in [6.07, 6.45) is 0.659. The average Bonchev–Trinajstić information content (AvgIpc) is 2.60. The molecule has 0 bridgehead atoms. The first-order chi connectivity index (χ1) is 12.1. The molecule has 1 heterocycles. The van der Waals surface area contributed by atoms with Crippen molar-refractivity contribution in [1.82, 2.24) is 10.2 Å². The van der Waals surface area contributed by atoms with Gasteiger partial charge in [0.15, 0.2) is 0 Å². The van der Waals surface area contributed by atoms with Crippen LogP contribution in [-0.4, -0.2) is 29.9 Å². The maximum Gasteiger partial charge on any atom is 0.317 e. The van der Waals surface area contributed by atoms with E-state index in [9.17, 15) is 9.59 Å². The van der Waals surface area contributed by atoms with Crippen LogP contribution in [0.15, 0.2) is 54.6 Å². The molecule has 130 valence electrons. The van der Waals surface area contributed by atoms with Gasteiger partial charge in [-0.05, 0) is 35.6 Å². The number of amides is 3. The van der Waals surface area contributed by atoms with E-state index in [0.717, 1.165) is 12.1 Å². The van der Waals surface area contributed by atoms with Crippen molar-refractivity contribution in [2.24, 2.45) is 11.7 Å². The number of hydrogen-bond donors (Lipinski definition) is 2. The van der Waals surface area contributed by atoms with Crippen LogP contribution < -0.4 is 11.1 Å². The van der Waals surface area contributed by atoms with Crippen LogP contribution >= 0.6 is 0 Å². The summed E-state index contributed by atoms with van der Waals surface area (Å²) >= 11 is 0. The number of nitrogens with one attached hydrogen (secondary N) is 1. The van der Waals surface area contributed by atoms with Crippen molar-refractivity contribution in [3.05, 3.63) is 71.3 Å². The van der Waals surface area contributed by atoms with Crippen LogP contribution in [0.1, 0.15) is 34.5 Å². The molecule has 0 saturated carbocycles. The van der Waals surface area contributed by atoms with Crippen LogP contribution in [0.5, 0.6) is 0 Å². The number of rotatable bonds is 5. The highest BCUT2D eigenvalue weighted by atomic mass is 16.2. The first-order valence-electron chi connectivity index (χ1n) is 8.54. The van der Waals surface area contributed by atoms with E-state index in [1.165, 1.54) is 5.56 Å². The third kappa shape index (κ3) is 3.82. The Kier molecular flexibility index (Phi) is 5.03. The number of urea groups is 1. The molecule has 3 N–H and O–H groups in total. The van der Waals surface area contributed by atoms with Crippen LogP contribution in [0.3, 0.4) is 0 Å². The van der Waals surface area contributed by atoms with Gasteiger partial charge in [-0.1, -0.05) is 49.4 Å². The van der Waals surface area contributed by atoms with E-state index in [1.54, 1.807) is 18.2 Å². The van der Waals surface area contributed by atoms with Gasteiger partial charge in [-0.2, -0.15) is 0 Å². The summed E-state index contributed by atoms with van der Waals surface area (Å²) in [5.41, 5.74) is 7.94. The van der Waals surface area contributed by atoms with Gasteiger partial charge in [0.2, 0.25) is 5.91 Å². The molecule has 5 nitrogen and oxygen atoms in total. The average molecular weight is 337 g/mol. The third-order valence-electron chi connectivity index (χ3n) is 4.66. The first kappa shape index (κ1) is 17.0. The monoisotopic (exact) mass is 337 g/mol. The summed E-state index contributed by atoms with van der Waals surface area (Å²) < 4.78 is 0. The molecule has 2 aromatic rings. The minimum absolute atomic E-state index is 0.0435. The molecule has 0 radical (unpaired) electrons. The van der Waals surface area contributed by atoms with Crippen molar-refractivity contribution >= 4 is 11.9 Å². The van der Waals surface area contributed by atoms with Gasteiger partial charge in [0.1, 0.15) is 0 Å². The second kappa shape index (κ2) is 7.38. The highest BCUT2D eigenvalue weighted by Gasteiger charge is 2.39. The van der Waals surface area contributed by atoms with E-state index in [2.05, 4.69) is 24.4 Å². The summed E-state index contributed by atoms with van der Waals surface area (Å²) in [6.45, 7) is 3.45. The Bertz CT molecular complexity index is 761. The largest absolute Gasteiger partial charge is 0.366 e. The van der Waals surface area contributed by atoms with Crippen molar-refractivity contribution in [3.8, 4) is 0 Å². The molecule has 3 rings (SSSR count). The van der Waals surface area contributed by atoms with Gasteiger partial charge in [0, 0.05) is 18.7 Å². The zero-order chi connectivity index (χ0) is 17.8. The van der Waals surface area contributed by atoms with Crippen molar-refractivity contribution in [2.75, 3.05) is 13.1 Å². The van der Waals surface area contributed by atoms with Gasteiger partial charge < -0.3 is 16.0 Å². The molecule has 0 spiro atoms. The fourth-order valence-electron chi connectivity index (χ4n) is 3.36. The molecule has 1 saturated heterocycles. The quantitative estimate of drug-likeness (QED) is 0.880. The molecular formula is C20H23N3O2. The van der Waals surface area contributed by atoms with Crippen molar-refractivity contribution in [3.63, 3.8) is 0 Å². The van der Waals surface area contributed by atoms with E-state index in [-0.39, 0.29) is 12.1 Å². The van der Waals surface area contributed by atoms with Crippen LogP contribution in [-0.2, 0) is 6.42 Å². The number of carbonyl (C=O) groups excluding carboxylic acids is 2. The number of hydrogen-bond acceptors (Lipinski definition) is 2. The minimum atomic E-state index is -0.439. The molecule has 2 atom stereocenters. The summed E-state index contributed by atoms with van der Waals surface area (Å²) in [5, 5.41) is 2.97. The Morgan fingerprint density at radius 2 is 1.92 bits per heavy atom. The van der Waals surface area contributed by atoms with Crippen LogP contribution in [0.25, 0.3) is 0 Å². The fraction of sp³-hybridized carbons (Fsp3) is 0.300. The van der Waals surface area contributed by atoms with E-state index >= 15 is 0 Å². The van der Waals surface area contributed by atoms with Crippen molar-refractivity contribution < 1.29 is 9.59 Å². The van der Waals surface area contributed by atoms with Crippen molar-refractivity contribution in [2.45, 2.75) is 19.4 Å². The Morgan fingerprint density at radius 3 is 2.60 bits per heavy atom. The summed E-state index contributed by atoms with van der Waals surface area (Å²) in [6, 6.07) is 17.4. The molecule has 3 amide bonds. The lowest BCUT2D eigenvalue weighted by molar-refractivity contribution is 0.0594. The molecule has 5 heteroatoms. The molecule has 0 unspecified atom stereocenters. The second-order valence-corrected chi connectivity index (χ2v) is 6.53. The number of carbonyl (C=O) groups is 2. The number of primary amides is 1. The molecule has 1 fully saturated rings. The van der Waals surface area contributed by atoms with Crippen LogP contribution in [0.4, 0.5) is 4.79 Å². The number of nitrogens with zero attached hydrogens (tertiary/aromatic N) is 1. The lowest BCUT2D eigenvalue weighted by atomic mass is 9.85. The predicted octanol–water partition coefficient (Wildman–Crippen LogP) is 2.73. The van der Waals surface area contributed by atoms with E-state index in [1.807, 2.05) is 29.2 Å². The summed E-state index contributed by atoms with van der Waals surface area (Å²) in [5.74, 6) is 0.0200. The lowest BCUT2D eigenvalue weighted by Gasteiger charge is -2.46. The Balaban J connectivity index is 1.54. The van der Waals surface area contributed by atoms with Gasteiger partial charge >= 0.3 is 6.03 Å². The molecule has 1 aliphatic heterocycles. The molecule has 25 heavy (non-hydrogen) atoms. The highest BCUT2D eigenvalue weighted by Crippen LogP contribution is 2.38. The molecule has 0 aliphatic carbocycles. The van der Waals surface area contributed by atoms with E-state index in [0.29, 0.717) is 24.4 Å². The Morgan fingerprint density at radius 1 is 1.16 bits per heavy atom. The minimum Gasteiger partial charge on any atom is -0.366 e. The van der Waals surface area contributed by atoms with Crippen LogP contribution in [0.2, 0.25) is 0 Å². The zero-order valence-electron chi connectivity index (χ0n) is 14.3. The normalized spacial score (nSPS) is 19.2. The topological polar surface area (TPSA) is 75.4 Å². The maximum absolute atomic E-state index is 12.5. The lowest BCUT2D eigenvalue weighted by Crippen LogP contribution is -2.55. The highest BCUT2D eigenvalue weighted by molar-refractivity contribution is 5.92. The van der Waals surface area contributed by atoms with E-state index < -0.39 is 5.91 Å². The smallest absolute Gasteiger partial charge is 0.317 e. The standard InChI is InChI=1S/C20H23N3O2/c1-14-13-23(18(14)16-7-3-2-4-8-16)20(25)22-11-10-15-6-5-9-17(12-15)19(21)24/h2-9,12,14,18H,10-11,13H2,1H3,(H2,21,24)(H,22,25)/t14-,18-/m1/s1. The zero-order valence-corrected chi connectivity index (χ0v) is 14.3. The number of likely N-dealkylation sites (tertiary alicyclic amines) is 1. The molecule has 1 aliphatic rings. The molecule has 0 aromatic heterocycles. The molecule has 2 aromatic carbocycles. The van der Waals surface area contributed by atoms with Crippen LogP contribution in [0, 0.1) is 5.92 Å². The van der Waals surface area contributed by atoms with Gasteiger partial charge in [-0.3, -0.25) is 4.79 Å². The maximum atomic E-state index is 12.5. The predicted molar refractivity (Wildman–Crippen MR) is 97.1 cm³/mol. The second-order valence-electron chi connectivity index (χ2n) is 6.53. The molecular weight excluding hydrogens is 314 g/mol.